The van der Waals surface area contributed by atoms with Gasteiger partial charge in [0.25, 0.3) is 0 Å². The van der Waals surface area contributed by atoms with Crippen molar-refractivity contribution in [1.82, 2.24) is 4.72 Å². The molecule has 0 spiro atoms. The SMILES string of the molecule is COc1ccc(S(=O)(=O)NCc2ccc(N3CCC[C@@H](C)C3)cc2)cc1C(C)C. The van der Waals surface area contributed by atoms with Crippen LogP contribution >= 0.6 is 0 Å². The van der Waals surface area contributed by atoms with Crippen molar-refractivity contribution in [2.24, 2.45) is 5.92 Å². The number of anilines is 1. The van der Waals surface area contributed by atoms with Crippen molar-refractivity contribution in [3.05, 3.63) is 53.6 Å². The Morgan fingerprint density at radius 3 is 2.52 bits per heavy atom. The summed E-state index contributed by atoms with van der Waals surface area (Å²) in [4.78, 5) is 2.67. The lowest BCUT2D eigenvalue weighted by Crippen LogP contribution is -2.34. The highest BCUT2D eigenvalue weighted by atomic mass is 32.2. The molecule has 1 N–H and O–H groups in total. The highest BCUT2D eigenvalue weighted by Crippen LogP contribution is 2.29. The van der Waals surface area contributed by atoms with E-state index in [-0.39, 0.29) is 17.4 Å². The summed E-state index contributed by atoms with van der Waals surface area (Å²) in [7, 11) is -1.99. The minimum Gasteiger partial charge on any atom is -0.496 e. The van der Waals surface area contributed by atoms with Gasteiger partial charge in [-0.15, -0.1) is 0 Å². The van der Waals surface area contributed by atoms with Crippen LogP contribution in [0.3, 0.4) is 0 Å². The molecule has 1 atom stereocenters. The second kappa shape index (κ2) is 9.18. The standard InChI is InChI=1S/C23H32N2O3S/c1-17(2)22-14-21(11-12-23(22)28-4)29(26,27)24-15-19-7-9-20(10-8-19)25-13-5-6-18(3)16-25/h7-12,14,17-18,24H,5-6,13,15-16H2,1-4H3/t18-/m1/s1. The minimum absolute atomic E-state index is 0.171. The first-order chi connectivity index (χ1) is 13.8. The molecule has 29 heavy (non-hydrogen) atoms. The summed E-state index contributed by atoms with van der Waals surface area (Å²) in [5.74, 6) is 1.60. The molecule has 0 saturated carbocycles. The van der Waals surface area contributed by atoms with Crippen LogP contribution in [0, 0.1) is 5.92 Å². The third-order valence-electron chi connectivity index (χ3n) is 5.56. The average Bonchev–Trinajstić information content (AvgIpc) is 2.72. The number of benzene rings is 2. The first kappa shape index (κ1) is 21.7. The predicted octanol–water partition coefficient (Wildman–Crippen LogP) is 4.53. The van der Waals surface area contributed by atoms with E-state index in [1.165, 1.54) is 18.5 Å². The summed E-state index contributed by atoms with van der Waals surface area (Å²) < 4.78 is 33.6. The van der Waals surface area contributed by atoms with Crippen LogP contribution in [0.4, 0.5) is 5.69 Å². The van der Waals surface area contributed by atoms with Gasteiger partial charge in [-0.3, -0.25) is 0 Å². The summed E-state index contributed by atoms with van der Waals surface area (Å²) in [6.07, 6.45) is 2.52. The molecule has 0 aliphatic carbocycles. The Morgan fingerprint density at radius 2 is 1.90 bits per heavy atom. The van der Waals surface area contributed by atoms with Crippen molar-refractivity contribution in [2.45, 2.75) is 51.0 Å². The molecule has 1 heterocycles. The van der Waals surface area contributed by atoms with Crippen molar-refractivity contribution in [3.8, 4) is 5.75 Å². The van der Waals surface area contributed by atoms with Crippen LogP contribution in [0.2, 0.25) is 0 Å². The van der Waals surface area contributed by atoms with E-state index in [2.05, 4.69) is 28.7 Å². The average molecular weight is 417 g/mol. The van der Waals surface area contributed by atoms with Crippen LogP contribution in [0.1, 0.15) is 50.7 Å². The van der Waals surface area contributed by atoms with Crippen molar-refractivity contribution >= 4 is 15.7 Å². The largest absolute Gasteiger partial charge is 0.496 e. The van der Waals surface area contributed by atoms with E-state index in [0.29, 0.717) is 5.75 Å². The maximum absolute atomic E-state index is 12.8. The second-order valence-corrected chi connectivity index (χ2v) is 10.0. The quantitative estimate of drug-likeness (QED) is 0.720. The lowest BCUT2D eigenvalue weighted by Gasteiger charge is -2.32. The van der Waals surface area contributed by atoms with E-state index in [9.17, 15) is 8.42 Å². The highest BCUT2D eigenvalue weighted by molar-refractivity contribution is 7.89. The Labute approximate surface area is 175 Å². The third kappa shape index (κ3) is 5.31. The normalized spacial score (nSPS) is 17.6. The molecule has 1 aliphatic heterocycles. The summed E-state index contributed by atoms with van der Waals surface area (Å²) in [6.45, 7) is 8.77. The molecule has 1 saturated heterocycles. The van der Waals surface area contributed by atoms with E-state index < -0.39 is 10.0 Å². The number of nitrogens with one attached hydrogen (secondary N) is 1. The Balaban J connectivity index is 1.68. The number of hydrogen-bond acceptors (Lipinski definition) is 4. The summed E-state index contributed by atoms with van der Waals surface area (Å²) >= 11 is 0. The van der Waals surface area contributed by atoms with Gasteiger partial charge in [0.1, 0.15) is 5.75 Å². The topological polar surface area (TPSA) is 58.6 Å². The van der Waals surface area contributed by atoms with Crippen molar-refractivity contribution in [1.29, 1.82) is 0 Å². The molecule has 0 bridgehead atoms. The van der Waals surface area contributed by atoms with Gasteiger partial charge < -0.3 is 9.64 Å². The van der Waals surface area contributed by atoms with E-state index in [1.807, 2.05) is 26.0 Å². The van der Waals surface area contributed by atoms with Gasteiger partial charge in [-0.05, 0) is 66.1 Å². The molecule has 6 heteroatoms. The van der Waals surface area contributed by atoms with Crippen LogP contribution in [0.15, 0.2) is 47.4 Å². The predicted molar refractivity (Wildman–Crippen MR) is 118 cm³/mol. The smallest absolute Gasteiger partial charge is 0.240 e. The Hall–Kier alpha value is -2.05. The first-order valence-electron chi connectivity index (χ1n) is 10.3. The van der Waals surface area contributed by atoms with Crippen molar-refractivity contribution in [2.75, 3.05) is 25.1 Å². The lowest BCUT2D eigenvalue weighted by molar-refractivity contribution is 0.407. The number of methoxy groups -OCH3 is 1. The molecular formula is C23H32N2O3S. The number of nitrogens with zero attached hydrogens (tertiary/aromatic N) is 1. The summed E-state index contributed by atoms with van der Waals surface area (Å²) in [5.41, 5.74) is 3.04. The maximum Gasteiger partial charge on any atom is 0.240 e. The maximum atomic E-state index is 12.8. The van der Waals surface area contributed by atoms with Crippen molar-refractivity contribution in [3.63, 3.8) is 0 Å². The fourth-order valence-electron chi connectivity index (χ4n) is 3.84. The Bertz CT molecular complexity index is 924. The van der Waals surface area contributed by atoms with Gasteiger partial charge in [0, 0.05) is 25.3 Å². The zero-order chi connectivity index (χ0) is 21.0. The van der Waals surface area contributed by atoms with E-state index in [0.717, 1.165) is 30.1 Å². The Kier molecular flexibility index (Phi) is 6.85. The number of hydrogen-bond donors (Lipinski definition) is 1. The fourth-order valence-corrected chi connectivity index (χ4v) is 4.89. The zero-order valence-electron chi connectivity index (χ0n) is 17.8. The second-order valence-electron chi connectivity index (χ2n) is 8.24. The van der Waals surface area contributed by atoms with Gasteiger partial charge in [-0.2, -0.15) is 0 Å². The molecular weight excluding hydrogens is 384 g/mol. The molecule has 0 amide bonds. The van der Waals surface area contributed by atoms with E-state index in [1.54, 1.807) is 25.3 Å². The van der Waals surface area contributed by atoms with Gasteiger partial charge in [0.15, 0.2) is 0 Å². The first-order valence-corrected chi connectivity index (χ1v) is 11.8. The molecule has 0 unspecified atom stereocenters. The number of sulfonamides is 1. The third-order valence-corrected chi connectivity index (χ3v) is 6.96. The van der Waals surface area contributed by atoms with Crippen LogP contribution in [-0.4, -0.2) is 28.6 Å². The van der Waals surface area contributed by atoms with Crippen molar-refractivity contribution < 1.29 is 13.2 Å². The lowest BCUT2D eigenvalue weighted by atomic mass is 9.99. The zero-order valence-corrected chi connectivity index (χ0v) is 18.6. The van der Waals surface area contributed by atoms with Gasteiger partial charge >= 0.3 is 0 Å². The van der Waals surface area contributed by atoms with Gasteiger partial charge in [0.2, 0.25) is 10.0 Å². The number of piperidine rings is 1. The molecule has 5 nitrogen and oxygen atoms in total. The van der Waals surface area contributed by atoms with Gasteiger partial charge in [-0.1, -0.05) is 32.9 Å². The molecule has 158 valence electrons. The minimum atomic E-state index is -3.59. The number of ether oxygens (including phenoxy) is 1. The van der Waals surface area contributed by atoms with Crippen LogP contribution < -0.4 is 14.4 Å². The molecule has 3 rings (SSSR count). The Morgan fingerprint density at radius 1 is 1.17 bits per heavy atom. The van der Waals surface area contributed by atoms with Gasteiger partial charge in [0.05, 0.1) is 12.0 Å². The summed E-state index contributed by atoms with van der Waals surface area (Å²) in [6, 6.07) is 13.2. The molecule has 2 aromatic rings. The molecule has 0 aromatic heterocycles. The number of rotatable bonds is 7. The molecule has 2 aromatic carbocycles. The van der Waals surface area contributed by atoms with Crippen LogP contribution in [0.5, 0.6) is 5.75 Å². The van der Waals surface area contributed by atoms with Crippen LogP contribution in [0.25, 0.3) is 0 Å². The van der Waals surface area contributed by atoms with E-state index >= 15 is 0 Å². The van der Waals surface area contributed by atoms with E-state index in [4.69, 9.17) is 4.74 Å². The summed E-state index contributed by atoms with van der Waals surface area (Å²) in [5, 5.41) is 0. The molecule has 1 aliphatic rings. The monoisotopic (exact) mass is 416 g/mol. The molecule has 0 radical (unpaired) electrons. The van der Waals surface area contributed by atoms with Crippen LogP contribution in [-0.2, 0) is 16.6 Å². The molecule has 1 fully saturated rings. The fraction of sp³-hybridized carbons (Fsp3) is 0.478. The highest BCUT2D eigenvalue weighted by Gasteiger charge is 2.19. The van der Waals surface area contributed by atoms with Gasteiger partial charge in [-0.25, -0.2) is 13.1 Å².